The molecule has 0 unspecified atom stereocenters. The van der Waals surface area contributed by atoms with E-state index in [-0.39, 0.29) is 13.2 Å². The first-order chi connectivity index (χ1) is 14.7. The van der Waals surface area contributed by atoms with Crippen molar-refractivity contribution in [3.63, 3.8) is 0 Å². The zero-order chi connectivity index (χ0) is 22.9. The van der Waals surface area contributed by atoms with Gasteiger partial charge in [0, 0.05) is 16.5 Å². The van der Waals surface area contributed by atoms with Gasteiger partial charge in [-0.2, -0.15) is 0 Å². The van der Waals surface area contributed by atoms with Crippen LogP contribution in [0.3, 0.4) is 0 Å². The predicted molar refractivity (Wildman–Crippen MR) is 122 cm³/mol. The van der Waals surface area contributed by atoms with Gasteiger partial charge in [-0.3, -0.25) is 0 Å². The van der Waals surface area contributed by atoms with Crippen molar-refractivity contribution >= 4 is 17.7 Å². The van der Waals surface area contributed by atoms with Gasteiger partial charge in [-0.25, -0.2) is 14.6 Å². The molecule has 0 saturated carbocycles. The Bertz CT molecular complexity index is 917. The minimum absolute atomic E-state index is 0.0821. The van der Waals surface area contributed by atoms with Crippen LogP contribution in [0.25, 0.3) is 0 Å². The molecule has 2 aromatic rings. The Hall–Kier alpha value is -3.39. The van der Waals surface area contributed by atoms with Gasteiger partial charge in [0.1, 0.15) is 0 Å². The maximum absolute atomic E-state index is 13.2. The van der Waals surface area contributed by atoms with Crippen LogP contribution in [-0.4, -0.2) is 36.4 Å². The summed E-state index contributed by atoms with van der Waals surface area (Å²) in [4.78, 5) is 31.0. The number of nitrogens with zero attached hydrogens (tertiary/aromatic N) is 1. The molecule has 31 heavy (non-hydrogen) atoms. The quantitative estimate of drug-likeness (QED) is 0.288. The molecular weight excluding hydrogens is 390 g/mol. The highest BCUT2D eigenvalue weighted by atomic mass is 16.6. The van der Waals surface area contributed by atoms with Crippen molar-refractivity contribution in [3.05, 3.63) is 71.8 Å². The second-order valence-corrected chi connectivity index (χ2v) is 7.84. The number of hydrogen-bond acceptors (Lipinski definition) is 5. The van der Waals surface area contributed by atoms with Gasteiger partial charge in [0.2, 0.25) is 0 Å². The zero-order valence-electron chi connectivity index (χ0n) is 18.8. The smallest absolute Gasteiger partial charge is 0.358 e. The first kappa shape index (κ1) is 23.9. The molecule has 2 aromatic carbocycles. The van der Waals surface area contributed by atoms with Crippen LogP contribution < -0.4 is 0 Å². The van der Waals surface area contributed by atoms with Crippen molar-refractivity contribution in [2.75, 3.05) is 13.2 Å². The predicted octanol–water partition coefficient (Wildman–Crippen LogP) is 4.44. The van der Waals surface area contributed by atoms with E-state index in [2.05, 4.69) is 16.8 Å². The topological polar surface area (TPSA) is 65.0 Å². The van der Waals surface area contributed by atoms with E-state index in [1.165, 1.54) is 0 Å². The molecule has 0 amide bonds. The van der Waals surface area contributed by atoms with E-state index in [0.29, 0.717) is 5.71 Å². The Labute approximate surface area is 184 Å². The average molecular weight is 420 g/mol. The van der Waals surface area contributed by atoms with E-state index in [4.69, 9.17) is 9.47 Å². The fourth-order valence-electron chi connectivity index (χ4n) is 2.71. The van der Waals surface area contributed by atoms with Gasteiger partial charge in [0.05, 0.1) is 18.9 Å². The molecule has 0 heterocycles. The number of ether oxygens (including phenoxy) is 2. The van der Waals surface area contributed by atoms with E-state index in [1.807, 2.05) is 81.4 Å². The van der Waals surface area contributed by atoms with Crippen LogP contribution in [-0.2, 0) is 19.1 Å². The van der Waals surface area contributed by atoms with E-state index in [0.717, 1.165) is 11.1 Å². The molecular formula is C26H29NO4. The van der Waals surface area contributed by atoms with Crippen LogP contribution in [0.15, 0.2) is 65.7 Å². The molecule has 5 nitrogen and oxygen atoms in total. The van der Waals surface area contributed by atoms with Crippen LogP contribution in [0, 0.1) is 17.3 Å². The van der Waals surface area contributed by atoms with E-state index in [9.17, 15) is 9.59 Å². The molecule has 2 rings (SSSR count). The van der Waals surface area contributed by atoms with Crippen LogP contribution in [0.1, 0.15) is 45.7 Å². The van der Waals surface area contributed by atoms with E-state index in [1.54, 1.807) is 13.8 Å². The molecule has 0 aliphatic heterocycles. The van der Waals surface area contributed by atoms with Crippen molar-refractivity contribution in [2.24, 2.45) is 10.4 Å². The molecule has 0 N–H and O–H groups in total. The number of carbonyl (C=O) groups excluding carboxylic acids is 2. The molecule has 0 aromatic heterocycles. The second kappa shape index (κ2) is 10.6. The summed E-state index contributed by atoms with van der Waals surface area (Å²) in [5.41, 5.74) is -0.682. The summed E-state index contributed by atoms with van der Waals surface area (Å²) >= 11 is 0. The van der Waals surface area contributed by atoms with Crippen LogP contribution in [0.5, 0.6) is 0 Å². The SMILES string of the molecule is CCOC(=O)C(C#CC(C)(C)C)(N=C(c1ccccc1)c1ccccc1)C(=O)OCC. The highest BCUT2D eigenvalue weighted by Gasteiger charge is 2.49. The molecule has 0 aliphatic carbocycles. The highest BCUT2D eigenvalue weighted by molar-refractivity contribution is 6.18. The molecule has 0 saturated heterocycles. The zero-order valence-corrected chi connectivity index (χ0v) is 18.8. The summed E-state index contributed by atoms with van der Waals surface area (Å²) < 4.78 is 10.5. The lowest BCUT2D eigenvalue weighted by molar-refractivity contribution is -0.160. The molecule has 0 radical (unpaired) electrons. The third-order valence-electron chi connectivity index (χ3n) is 4.13. The monoisotopic (exact) mass is 419 g/mol. The lowest BCUT2D eigenvalue weighted by Gasteiger charge is -2.23. The standard InChI is InChI=1S/C26H29NO4/c1-6-30-23(28)26(24(29)31-7-2,19-18-25(3,4)5)27-22(20-14-10-8-11-15-20)21-16-12-9-13-17-21/h8-17H,6-7H2,1-5H3. The summed E-state index contributed by atoms with van der Waals surface area (Å²) in [6.45, 7) is 9.17. The van der Waals surface area contributed by atoms with Crippen molar-refractivity contribution in [2.45, 2.75) is 40.2 Å². The minimum Gasteiger partial charge on any atom is -0.463 e. The third kappa shape index (κ3) is 6.29. The van der Waals surface area contributed by atoms with Crippen molar-refractivity contribution < 1.29 is 19.1 Å². The van der Waals surface area contributed by atoms with Gasteiger partial charge in [-0.1, -0.05) is 66.6 Å². The third-order valence-corrected chi connectivity index (χ3v) is 4.13. The van der Waals surface area contributed by atoms with Gasteiger partial charge in [0.25, 0.3) is 0 Å². The van der Waals surface area contributed by atoms with Crippen molar-refractivity contribution in [1.29, 1.82) is 0 Å². The summed E-state index contributed by atoms with van der Waals surface area (Å²) in [5.74, 6) is 4.11. The number of aliphatic imine (C=N–C) groups is 1. The Kier molecular flexibility index (Phi) is 8.15. The fraction of sp³-hybridized carbons (Fsp3) is 0.346. The van der Waals surface area contributed by atoms with Gasteiger partial charge in [-0.15, -0.1) is 0 Å². The molecule has 0 aliphatic rings. The number of benzene rings is 2. The second-order valence-electron chi connectivity index (χ2n) is 7.84. The lowest BCUT2D eigenvalue weighted by atomic mass is 9.92. The summed E-state index contributed by atoms with van der Waals surface area (Å²) in [5, 5.41) is 0. The number of rotatable bonds is 7. The number of esters is 2. The molecule has 5 heteroatoms. The summed E-state index contributed by atoms with van der Waals surface area (Å²) in [7, 11) is 0. The first-order valence-electron chi connectivity index (χ1n) is 10.3. The largest absolute Gasteiger partial charge is 0.463 e. The average Bonchev–Trinajstić information content (AvgIpc) is 2.75. The Morgan fingerprint density at radius 3 is 1.55 bits per heavy atom. The highest BCUT2D eigenvalue weighted by Crippen LogP contribution is 2.23. The van der Waals surface area contributed by atoms with E-state index >= 15 is 0 Å². The normalized spacial score (nSPS) is 11.0. The maximum atomic E-state index is 13.2. The van der Waals surface area contributed by atoms with Gasteiger partial charge in [-0.05, 0) is 40.5 Å². The fourth-order valence-corrected chi connectivity index (χ4v) is 2.71. The van der Waals surface area contributed by atoms with Gasteiger partial charge >= 0.3 is 17.5 Å². The Morgan fingerprint density at radius 1 is 0.774 bits per heavy atom. The molecule has 0 atom stereocenters. The molecule has 0 fully saturated rings. The Balaban J connectivity index is 2.87. The van der Waals surface area contributed by atoms with Crippen molar-refractivity contribution in [1.82, 2.24) is 0 Å². The van der Waals surface area contributed by atoms with Gasteiger partial charge in [0.15, 0.2) is 0 Å². The molecule has 0 spiro atoms. The number of carbonyl (C=O) groups is 2. The van der Waals surface area contributed by atoms with Crippen LogP contribution >= 0.6 is 0 Å². The van der Waals surface area contributed by atoms with E-state index < -0.39 is 22.9 Å². The summed E-state index contributed by atoms with van der Waals surface area (Å²) in [6.07, 6.45) is 0. The number of hydrogen-bond donors (Lipinski definition) is 0. The molecule has 0 bridgehead atoms. The summed E-state index contributed by atoms with van der Waals surface area (Å²) in [6, 6.07) is 18.7. The van der Waals surface area contributed by atoms with Gasteiger partial charge < -0.3 is 9.47 Å². The Morgan fingerprint density at radius 2 is 1.19 bits per heavy atom. The first-order valence-corrected chi connectivity index (χ1v) is 10.3. The lowest BCUT2D eigenvalue weighted by Crippen LogP contribution is -2.47. The van der Waals surface area contributed by atoms with Crippen molar-refractivity contribution in [3.8, 4) is 11.8 Å². The van der Waals surface area contributed by atoms with Crippen LogP contribution in [0.4, 0.5) is 0 Å². The molecule has 162 valence electrons. The maximum Gasteiger partial charge on any atom is 0.358 e. The minimum atomic E-state index is -2.14. The van der Waals surface area contributed by atoms with Crippen LogP contribution in [0.2, 0.25) is 0 Å².